The number of hydrogen-bond donors (Lipinski definition) is 2. The maximum Gasteiger partial charge on any atom is 0.340 e. The Balaban J connectivity index is 1.60. The molecule has 0 saturated heterocycles. The second-order valence-electron chi connectivity index (χ2n) is 5.10. The van der Waals surface area contributed by atoms with Gasteiger partial charge in [-0.2, -0.15) is 0 Å². The van der Waals surface area contributed by atoms with E-state index in [4.69, 9.17) is 9.47 Å². The summed E-state index contributed by atoms with van der Waals surface area (Å²) in [6.45, 7) is -0.366. The summed E-state index contributed by atoms with van der Waals surface area (Å²) in [7, 11) is 1.55. The zero-order valence-electron chi connectivity index (χ0n) is 13.0. The number of hydrogen-bond acceptors (Lipinski definition) is 4. The number of ether oxygens (including phenoxy) is 2. The Labute approximate surface area is 138 Å². The Morgan fingerprint density at radius 2 is 1.96 bits per heavy atom. The summed E-state index contributed by atoms with van der Waals surface area (Å²) in [6.07, 6.45) is 1.58. The third-order valence-corrected chi connectivity index (χ3v) is 3.50. The molecule has 2 N–H and O–H groups in total. The fourth-order valence-electron chi connectivity index (χ4n) is 2.35. The molecule has 24 heavy (non-hydrogen) atoms. The van der Waals surface area contributed by atoms with Gasteiger partial charge in [0.2, 0.25) is 0 Å². The van der Waals surface area contributed by atoms with Crippen LogP contribution in [-0.2, 0) is 9.53 Å². The topological polar surface area (TPSA) is 80.4 Å². The van der Waals surface area contributed by atoms with E-state index in [1.807, 2.05) is 24.3 Å². The number of amides is 1. The summed E-state index contributed by atoms with van der Waals surface area (Å²) in [5, 5.41) is 3.41. The normalized spacial score (nSPS) is 10.4. The highest BCUT2D eigenvalue weighted by Gasteiger charge is 2.14. The number of fused-ring (bicyclic) bond motifs is 1. The fraction of sp³-hybridized carbons (Fsp3) is 0.111. The van der Waals surface area contributed by atoms with Crippen molar-refractivity contribution in [2.24, 2.45) is 0 Å². The molecular weight excluding hydrogens is 308 g/mol. The summed E-state index contributed by atoms with van der Waals surface area (Å²) < 4.78 is 10.2. The van der Waals surface area contributed by atoms with E-state index < -0.39 is 11.9 Å². The number of aromatic amines is 1. The number of nitrogens with one attached hydrogen (secondary N) is 2. The molecule has 0 atom stereocenters. The Hall–Kier alpha value is -3.28. The molecule has 0 saturated carbocycles. The highest BCUT2D eigenvalue weighted by Crippen LogP contribution is 2.19. The standard InChI is InChI=1S/C18H16N2O4/c1-23-13-6-4-5-12(9-13)20-17(21)11-24-18(22)15-10-19-16-8-3-2-7-14(15)16/h2-10,19H,11H2,1H3,(H,20,21). The molecule has 2 aromatic carbocycles. The van der Waals surface area contributed by atoms with E-state index >= 15 is 0 Å². The SMILES string of the molecule is COc1cccc(NC(=O)COC(=O)c2c[nH]c3ccccc23)c1. The van der Waals surface area contributed by atoms with Gasteiger partial charge in [-0.15, -0.1) is 0 Å². The molecule has 0 aliphatic carbocycles. The predicted octanol–water partition coefficient (Wildman–Crippen LogP) is 2.97. The molecule has 3 aromatic rings. The van der Waals surface area contributed by atoms with Crippen LogP contribution in [0.3, 0.4) is 0 Å². The minimum atomic E-state index is -0.548. The van der Waals surface area contributed by atoms with Crippen molar-refractivity contribution < 1.29 is 19.1 Å². The Morgan fingerprint density at radius 3 is 2.79 bits per heavy atom. The van der Waals surface area contributed by atoms with E-state index in [9.17, 15) is 9.59 Å². The highest BCUT2D eigenvalue weighted by molar-refractivity contribution is 6.05. The number of methoxy groups -OCH3 is 1. The smallest absolute Gasteiger partial charge is 0.340 e. The van der Waals surface area contributed by atoms with Crippen molar-refractivity contribution in [1.82, 2.24) is 4.98 Å². The number of aromatic nitrogens is 1. The summed E-state index contributed by atoms with van der Waals surface area (Å²) >= 11 is 0. The van der Waals surface area contributed by atoms with Gasteiger partial charge in [0.1, 0.15) is 5.75 Å². The van der Waals surface area contributed by atoms with Gasteiger partial charge in [-0.1, -0.05) is 24.3 Å². The third-order valence-electron chi connectivity index (χ3n) is 3.50. The van der Waals surface area contributed by atoms with Gasteiger partial charge in [0.15, 0.2) is 6.61 Å². The number of para-hydroxylation sites is 1. The monoisotopic (exact) mass is 324 g/mol. The zero-order valence-corrected chi connectivity index (χ0v) is 13.0. The molecule has 0 radical (unpaired) electrons. The molecule has 1 amide bonds. The average Bonchev–Trinajstić information content (AvgIpc) is 3.04. The number of benzene rings is 2. The molecule has 6 heteroatoms. The van der Waals surface area contributed by atoms with Gasteiger partial charge in [0.05, 0.1) is 12.7 Å². The van der Waals surface area contributed by atoms with Crippen LogP contribution < -0.4 is 10.1 Å². The van der Waals surface area contributed by atoms with Crippen molar-refractivity contribution in [1.29, 1.82) is 0 Å². The van der Waals surface area contributed by atoms with Gasteiger partial charge in [-0.3, -0.25) is 4.79 Å². The summed E-state index contributed by atoms with van der Waals surface area (Å²) in [5.74, 6) is -0.340. The van der Waals surface area contributed by atoms with Gasteiger partial charge in [0.25, 0.3) is 5.91 Å². The summed E-state index contributed by atoms with van der Waals surface area (Å²) in [4.78, 5) is 27.0. The van der Waals surface area contributed by atoms with Crippen LogP contribution in [0.2, 0.25) is 0 Å². The molecule has 1 heterocycles. The molecule has 0 fully saturated rings. The Kier molecular flexibility index (Phi) is 4.47. The second-order valence-corrected chi connectivity index (χ2v) is 5.10. The quantitative estimate of drug-likeness (QED) is 0.707. The average molecular weight is 324 g/mol. The molecule has 122 valence electrons. The molecule has 0 bridgehead atoms. The summed E-state index contributed by atoms with van der Waals surface area (Å²) in [5.41, 5.74) is 1.81. The molecule has 0 aliphatic rings. The maximum absolute atomic E-state index is 12.1. The van der Waals surface area contributed by atoms with Crippen molar-refractivity contribution in [3.8, 4) is 5.75 Å². The van der Waals surface area contributed by atoms with Crippen LogP contribution in [0.15, 0.2) is 54.7 Å². The fourth-order valence-corrected chi connectivity index (χ4v) is 2.35. The lowest BCUT2D eigenvalue weighted by Crippen LogP contribution is -2.20. The molecule has 0 unspecified atom stereocenters. The van der Waals surface area contributed by atoms with Crippen LogP contribution in [-0.4, -0.2) is 30.6 Å². The van der Waals surface area contributed by atoms with Crippen molar-refractivity contribution in [3.05, 3.63) is 60.3 Å². The van der Waals surface area contributed by atoms with Crippen LogP contribution >= 0.6 is 0 Å². The van der Waals surface area contributed by atoms with Crippen molar-refractivity contribution >= 4 is 28.5 Å². The highest BCUT2D eigenvalue weighted by atomic mass is 16.5. The van der Waals surface area contributed by atoms with Gasteiger partial charge < -0.3 is 19.8 Å². The Bertz CT molecular complexity index is 885. The van der Waals surface area contributed by atoms with E-state index in [1.54, 1.807) is 37.6 Å². The van der Waals surface area contributed by atoms with Crippen LogP contribution in [0, 0.1) is 0 Å². The van der Waals surface area contributed by atoms with Crippen molar-refractivity contribution in [2.45, 2.75) is 0 Å². The lowest BCUT2D eigenvalue weighted by Gasteiger charge is -2.07. The molecule has 1 aromatic heterocycles. The zero-order chi connectivity index (χ0) is 16.9. The summed E-state index contributed by atoms with van der Waals surface area (Å²) in [6, 6.07) is 14.3. The van der Waals surface area contributed by atoms with Crippen molar-refractivity contribution in [3.63, 3.8) is 0 Å². The van der Waals surface area contributed by atoms with Gasteiger partial charge in [-0.25, -0.2) is 4.79 Å². The first-order valence-corrected chi connectivity index (χ1v) is 7.34. The van der Waals surface area contributed by atoms with Gasteiger partial charge >= 0.3 is 5.97 Å². The number of rotatable bonds is 5. The predicted molar refractivity (Wildman–Crippen MR) is 90.2 cm³/mol. The third kappa shape index (κ3) is 3.38. The van der Waals surface area contributed by atoms with E-state index in [0.29, 0.717) is 17.0 Å². The first-order chi connectivity index (χ1) is 11.7. The van der Waals surface area contributed by atoms with E-state index in [2.05, 4.69) is 10.3 Å². The van der Waals surface area contributed by atoms with Crippen LogP contribution in [0.1, 0.15) is 10.4 Å². The molecule has 3 rings (SSSR count). The van der Waals surface area contributed by atoms with Crippen LogP contribution in [0.25, 0.3) is 10.9 Å². The molecular formula is C18H16N2O4. The largest absolute Gasteiger partial charge is 0.497 e. The van der Waals surface area contributed by atoms with Gasteiger partial charge in [0, 0.05) is 28.9 Å². The van der Waals surface area contributed by atoms with E-state index in [-0.39, 0.29) is 6.61 Å². The maximum atomic E-state index is 12.1. The number of esters is 1. The molecule has 0 spiro atoms. The van der Waals surface area contributed by atoms with Crippen LogP contribution in [0.5, 0.6) is 5.75 Å². The Morgan fingerprint density at radius 1 is 1.12 bits per heavy atom. The van der Waals surface area contributed by atoms with Gasteiger partial charge in [-0.05, 0) is 18.2 Å². The van der Waals surface area contributed by atoms with Crippen molar-refractivity contribution in [2.75, 3.05) is 19.0 Å². The molecule has 0 aliphatic heterocycles. The number of H-pyrrole nitrogens is 1. The number of carbonyl (C=O) groups excluding carboxylic acids is 2. The van der Waals surface area contributed by atoms with E-state index in [0.717, 1.165) is 10.9 Å². The van der Waals surface area contributed by atoms with E-state index in [1.165, 1.54) is 0 Å². The minimum absolute atomic E-state index is 0.366. The first-order valence-electron chi connectivity index (χ1n) is 7.34. The number of carbonyl (C=O) groups is 2. The second kappa shape index (κ2) is 6.87. The lowest BCUT2D eigenvalue weighted by atomic mass is 10.2. The minimum Gasteiger partial charge on any atom is -0.497 e. The lowest BCUT2D eigenvalue weighted by molar-refractivity contribution is -0.119. The molecule has 6 nitrogen and oxygen atoms in total. The first kappa shape index (κ1) is 15.6. The number of anilines is 1. The van der Waals surface area contributed by atoms with Crippen LogP contribution in [0.4, 0.5) is 5.69 Å².